The SMILES string of the molecule is CC(=O)OC1CCN(C(=O)OCc2ccccc2)CC1OC(C)=O. The lowest BCUT2D eigenvalue weighted by Crippen LogP contribution is -2.52. The van der Waals surface area contributed by atoms with Crippen LogP contribution in [-0.2, 0) is 30.4 Å². The predicted octanol–water partition coefficient (Wildman–Crippen LogP) is 1.89. The fourth-order valence-corrected chi connectivity index (χ4v) is 2.55. The zero-order chi connectivity index (χ0) is 17.5. The Balaban J connectivity index is 1.92. The molecule has 1 aliphatic rings. The van der Waals surface area contributed by atoms with E-state index in [9.17, 15) is 14.4 Å². The highest BCUT2D eigenvalue weighted by Gasteiger charge is 2.36. The molecule has 1 heterocycles. The van der Waals surface area contributed by atoms with Crippen molar-refractivity contribution >= 4 is 18.0 Å². The number of carbonyl (C=O) groups is 3. The number of nitrogens with zero attached hydrogens (tertiary/aromatic N) is 1. The topological polar surface area (TPSA) is 82.1 Å². The van der Waals surface area contributed by atoms with Gasteiger partial charge >= 0.3 is 18.0 Å². The molecule has 2 rings (SSSR count). The average Bonchev–Trinajstić information content (AvgIpc) is 2.54. The largest absolute Gasteiger partial charge is 0.458 e. The van der Waals surface area contributed by atoms with Gasteiger partial charge in [0.25, 0.3) is 0 Å². The number of esters is 2. The van der Waals surface area contributed by atoms with Crippen LogP contribution in [0.1, 0.15) is 25.8 Å². The molecule has 1 aromatic carbocycles. The van der Waals surface area contributed by atoms with Gasteiger partial charge in [0.2, 0.25) is 0 Å². The second-order valence-electron chi connectivity index (χ2n) is 5.57. The Bertz CT molecular complexity index is 588. The number of rotatable bonds is 4. The minimum Gasteiger partial charge on any atom is -0.458 e. The summed E-state index contributed by atoms with van der Waals surface area (Å²) in [4.78, 5) is 36.0. The lowest BCUT2D eigenvalue weighted by molar-refractivity contribution is -0.170. The van der Waals surface area contributed by atoms with Gasteiger partial charge in [-0.05, 0) is 5.56 Å². The number of benzene rings is 1. The van der Waals surface area contributed by atoms with Crippen LogP contribution >= 0.6 is 0 Å². The molecule has 2 unspecified atom stereocenters. The molecule has 0 bridgehead atoms. The Morgan fingerprint density at radius 2 is 1.67 bits per heavy atom. The molecular weight excluding hydrogens is 314 g/mol. The number of likely N-dealkylation sites (tertiary alicyclic amines) is 1. The molecule has 0 saturated carbocycles. The van der Waals surface area contributed by atoms with E-state index < -0.39 is 30.2 Å². The Morgan fingerprint density at radius 1 is 1.04 bits per heavy atom. The van der Waals surface area contributed by atoms with Crippen molar-refractivity contribution in [3.8, 4) is 0 Å². The molecule has 7 heteroatoms. The average molecular weight is 335 g/mol. The van der Waals surface area contributed by atoms with Crippen LogP contribution in [-0.4, -0.2) is 48.2 Å². The Morgan fingerprint density at radius 3 is 2.29 bits per heavy atom. The number of amides is 1. The smallest absolute Gasteiger partial charge is 0.410 e. The van der Waals surface area contributed by atoms with Crippen LogP contribution in [0.25, 0.3) is 0 Å². The van der Waals surface area contributed by atoms with Crippen LogP contribution in [0.15, 0.2) is 30.3 Å². The van der Waals surface area contributed by atoms with Crippen molar-refractivity contribution in [2.45, 2.75) is 39.1 Å². The van der Waals surface area contributed by atoms with E-state index in [0.717, 1.165) is 5.56 Å². The highest BCUT2D eigenvalue weighted by Crippen LogP contribution is 2.19. The van der Waals surface area contributed by atoms with E-state index in [1.807, 2.05) is 30.3 Å². The lowest BCUT2D eigenvalue weighted by Gasteiger charge is -2.36. The first-order valence-electron chi connectivity index (χ1n) is 7.75. The van der Waals surface area contributed by atoms with Crippen molar-refractivity contribution in [1.82, 2.24) is 4.90 Å². The van der Waals surface area contributed by atoms with E-state index in [2.05, 4.69) is 0 Å². The van der Waals surface area contributed by atoms with E-state index in [4.69, 9.17) is 14.2 Å². The minimum absolute atomic E-state index is 0.130. The molecule has 0 radical (unpaired) electrons. The summed E-state index contributed by atoms with van der Waals surface area (Å²) >= 11 is 0. The van der Waals surface area contributed by atoms with Crippen molar-refractivity contribution in [2.75, 3.05) is 13.1 Å². The zero-order valence-corrected chi connectivity index (χ0v) is 13.8. The molecule has 130 valence electrons. The van der Waals surface area contributed by atoms with Crippen molar-refractivity contribution in [3.05, 3.63) is 35.9 Å². The van der Waals surface area contributed by atoms with Gasteiger partial charge in [0.05, 0.1) is 6.54 Å². The molecule has 0 N–H and O–H groups in total. The third-order valence-corrected chi connectivity index (χ3v) is 3.60. The fourth-order valence-electron chi connectivity index (χ4n) is 2.55. The highest BCUT2D eigenvalue weighted by atomic mass is 16.6. The predicted molar refractivity (Wildman–Crippen MR) is 83.9 cm³/mol. The first-order valence-corrected chi connectivity index (χ1v) is 7.75. The van der Waals surface area contributed by atoms with E-state index in [0.29, 0.717) is 13.0 Å². The molecule has 1 aliphatic heterocycles. The molecule has 1 saturated heterocycles. The number of piperidine rings is 1. The molecule has 2 atom stereocenters. The maximum atomic E-state index is 12.2. The summed E-state index contributed by atoms with van der Waals surface area (Å²) in [6, 6.07) is 9.34. The Kier molecular flexibility index (Phi) is 6.17. The summed E-state index contributed by atoms with van der Waals surface area (Å²) in [5, 5.41) is 0. The van der Waals surface area contributed by atoms with Crippen LogP contribution in [0.5, 0.6) is 0 Å². The Labute approximate surface area is 140 Å². The van der Waals surface area contributed by atoms with E-state index in [1.54, 1.807) is 0 Å². The van der Waals surface area contributed by atoms with E-state index in [1.165, 1.54) is 18.7 Å². The normalized spacial score (nSPS) is 20.2. The van der Waals surface area contributed by atoms with Crippen LogP contribution in [0, 0.1) is 0 Å². The number of carbonyl (C=O) groups excluding carboxylic acids is 3. The van der Waals surface area contributed by atoms with Crippen molar-refractivity contribution in [1.29, 1.82) is 0 Å². The summed E-state index contributed by atoms with van der Waals surface area (Å²) in [7, 11) is 0. The lowest BCUT2D eigenvalue weighted by atomic mass is 10.0. The molecule has 0 aliphatic carbocycles. The molecule has 0 aromatic heterocycles. The maximum absolute atomic E-state index is 12.2. The molecule has 24 heavy (non-hydrogen) atoms. The van der Waals surface area contributed by atoms with Crippen LogP contribution < -0.4 is 0 Å². The third-order valence-electron chi connectivity index (χ3n) is 3.60. The Hall–Kier alpha value is -2.57. The van der Waals surface area contributed by atoms with Crippen LogP contribution in [0.2, 0.25) is 0 Å². The van der Waals surface area contributed by atoms with Crippen molar-refractivity contribution in [2.24, 2.45) is 0 Å². The van der Waals surface area contributed by atoms with Gasteiger partial charge in [0.1, 0.15) is 12.7 Å². The molecule has 7 nitrogen and oxygen atoms in total. The number of hydrogen-bond donors (Lipinski definition) is 0. The van der Waals surface area contributed by atoms with Gasteiger partial charge in [-0.15, -0.1) is 0 Å². The molecular formula is C17H21NO6. The van der Waals surface area contributed by atoms with Gasteiger partial charge in [-0.1, -0.05) is 30.3 Å². The summed E-state index contributed by atoms with van der Waals surface area (Å²) in [6.07, 6.45) is -1.34. The summed E-state index contributed by atoms with van der Waals surface area (Å²) in [6.45, 7) is 3.24. The van der Waals surface area contributed by atoms with Gasteiger partial charge < -0.3 is 19.1 Å². The number of hydrogen-bond acceptors (Lipinski definition) is 6. The van der Waals surface area contributed by atoms with Crippen LogP contribution in [0.3, 0.4) is 0 Å². The standard InChI is InChI=1S/C17H21NO6/c1-12(19)23-15-8-9-18(10-16(15)24-13(2)20)17(21)22-11-14-6-4-3-5-7-14/h3-7,15-16H,8-11H2,1-2H3. The summed E-state index contributed by atoms with van der Waals surface area (Å²) in [5.41, 5.74) is 0.886. The van der Waals surface area contributed by atoms with Gasteiger partial charge in [-0.2, -0.15) is 0 Å². The molecule has 0 spiro atoms. The highest BCUT2D eigenvalue weighted by molar-refractivity contribution is 5.69. The van der Waals surface area contributed by atoms with Gasteiger partial charge in [0, 0.05) is 26.8 Å². The second-order valence-corrected chi connectivity index (χ2v) is 5.57. The second kappa shape index (κ2) is 8.33. The summed E-state index contributed by atoms with van der Waals surface area (Å²) < 4.78 is 15.6. The van der Waals surface area contributed by atoms with Gasteiger partial charge in [0.15, 0.2) is 6.10 Å². The minimum atomic E-state index is -0.690. The fraction of sp³-hybridized carbons (Fsp3) is 0.471. The van der Waals surface area contributed by atoms with Crippen molar-refractivity contribution in [3.63, 3.8) is 0 Å². The zero-order valence-electron chi connectivity index (χ0n) is 13.8. The molecule has 1 fully saturated rings. The quantitative estimate of drug-likeness (QED) is 0.617. The van der Waals surface area contributed by atoms with E-state index >= 15 is 0 Å². The van der Waals surface area contributed by atoms with Gasteiger partial charge in [-0.25, -0.2) is 4.79 Å². The first-order chi connectivity index (χ1) is 11.5. The van der Waals surface area contributed by atoms with Crippen molar-refractivity contribution < 1.29 is 28.6 Å². The van der Waals surface area contributed by atoms with E-state index in [-0.39, 0.29) is 13.2 Å². The maximum Gasteiger partial charge on any atom is 0.410 e. The summed E-state index contributed by atoms with van der Waals surface area (Å²) in [5.74, 6) is -0.936. The molecule has 1 amide bonds. The third kappa shape index (κ3) is 5.26. The van der Waals surface area contributed by atoms with Crippen LogP contribution in [0.4, 0.5) is 4.79 Å². The number of ether oxygens (including phenoxy) is 3. The first kappa shape index (κ1) is 17.8. The molecule has 1 aromatic rings. The van der Waals surface area contributed by atoms with Gasteiger partial charge in [-0.3, -0.25) is 9.59 Å². The monoisotopic (exact) mass is 335 g/mol.